The molecule has 1 fully saturated rings. The number of aliphatic carboxylic acids is 1. The maximum atomic E-state index is 10.4. The average Bonchev–Trinajstić information content (AvgIpc) is 2.38. The van der Waals surface area contributed by atoms with E-state index in [0.717, 1.165) is 0 Å². The maximum absolute atomic E-state index is 10.4. The molecule has 0 saturated heterocycles. The number of nitrogens with two attached hydrogens (primary N) is 1. The van der Waals surface area contributed by atoms with Crippen molar-refractivity contribution in [3.8, 4) is 0 Å². The van der Waals surface area contributed by atoms with Crippen molar-refractivity contribution in [1.29, 1.82) is 0 Å². The summed E-state index contributed by atoms with van der Waals surface area (Å²) < 4.78 is 10.4. The molecule has 0 spiro atoms. The number of rotatable bonds is 3. The van der Waals surface area contributed by atoms with Crippen LogP contribution in [0.4, 0.5) is 0 Å². The Hall–Kier alpha value is -0.420. The molecule has 1 aliphatic rings. The van der Waals surface area contributed by atoms with E-state index in [-0.39, 0.29) is 6.42 Å². The lowest BCUT2D eigenvalue weighted by Crippen LogP contribution is -2.35. The lowest BCUT2D eigenvalue weighted by atomic mass is 10.2. The summed E-state index contributed by atoms with van der Waals surface area (Å²) >= 11 is 0. The molecule has 12 heavy (non-hydrogen) atoms. The fourth-order valence-corrected chi connectivity index (χ4v) is 2.15. The first kappa shape index (κ1) is 9.67. The summed E-state index contributed by atoms with van der Waals surface area (Å²) in [7, 11) is -4.12. The Morgan fingerprint density at radius 2 is 2.17 bits per heavy atom. The predicted molar refractivity (Wildman–Crippen MR) is 39.6 cm³/mol. The highest BCUT2D eigenvalue weighted by Crippen LogP contribution is 2.50. The van der Waals surface area contributed by atoms with E-state index in [2.05, 4.69) is 0 Å². The third kappa shape index (κ3) is 1.84. The number of carbonyl (C=O) groups is 1. The Bertz CT molecular complexity index is 261. The van der Waals surface area contributed by atoms with Gasteiger partial charge >= 0.3 is 13.6 Å². The first-order valence-corrected chi connectivity index (χ1v) is 5.12. The summed E-state index contributed by atoms with van der Waals surface area (Å²) in [4.78, 5) is 27.4. The molecule has 1 saturated carbocycles. The van der Waals surface area contributed by atoms with Crippen LogP contribution in [0, 0.1) is 5.92 Å². The molecule has 0 heterocycles. The molecule has 1 aliphatic carbocycles. The third-order valence-corrected chi connectivity index (χ3v) is 2.93. The van der Waals surface area contributed by atoms with Gasteiger partial charge in [0.25, 0.3) is 0 Å². The van der Waals surface area contributed by atoms with Gasteiger partial charge in [0, 0.05) is 5.92 Å². The first-order valence-electron chi connectivity index (χ1n) is 3.32. The van der Waals surface area contributed by atoms with Gasteiger partial charge in [-0.25, -0.2) is 0 Å². The molecular weight excluding hydrogens is 185 g/mol. The van der Waals surface area contributed by atoms with Crippen molar-refractivity contribution in [2.24, 2.45) is 11.7 Å². The Morgan fingerprint density at radius 3 is 2.42 bits per heavy atom. The normalized spacial score (nSPS) is 34.8. The van der Waals surface area contributed by atoms with E-state index in [1.807, 2.05) is 0 Å². The molecule has 0 aromatic heterocycles. The summed E-state index contributed by atoms with van der Waals surface area (Å²) in [6.07, 6.45) is -0.288. The van der Waals surface area contributed by atoms with Gasteiger partial charge in [0.05, 0.1) is 6.16 Å². The molecule has 0 aromatic rings. The fraction of sp³-hybridized carbons (Fsp3) is 0.800. The third-order valence-electron chi connectivity index (χ3n) is 2.01. The maximum Gasteiger partial charge on any atom is 0.325 e. The number of hydrogen-bond acceptors (Lipinski definition) is 3. The zero-order valence-electron chi connectivity index (χ0n) is 6.17. The largest absolute Gasteiger partial charge is 0.480 e. The zero-order valence-corrected chi connectivity index (χ0v) is 7.07. The van der Waals surface area contributed by atoms with E-state index in [1.54, 1.807) is 0 Å². The number of hydrogen-bond donors (Lipinski definition) is 4. The molecule has 0 amide bonds. The van der Waals surface area contributed by atoms with E-state index in [0.29, 0.717) is 0 Å². The quantitative estimate of drug-likeness (QED) is 0.427. The van der Waals surface area contributed by atoms with Crippen molar-refractivity contribution in [3.63, 3.8) is 0 Å². The molecule has 6 nitrogen and oxygen atoms in total. The first-order chi connectivity index (χ1) is 5.26. The second-order valence-electron chi connectivity index (χ2n) is 3.09. The van der Waals surface area contributed by atoms with Crippen molar-refractivity contribution < 1.29 is 24.3 Å². The van der Waals surface area contributed by atoms with Crippen LogP contribution in [-0.4, -0.2) is 32.6 Å². The minimum Gasteiger partial charge on any atom is -0.480 e. The van der Waals surface area contributed by atoms with Crippen molar-refractivity contribution >= 4 is 13.6 Å². The molecule has 5 N–H and O–H groups in total. The lowest BCUT2D eigenvalue weighted by Gasteiger charge is -2.05. The number of carboxylic acid groups (broad SMARTS) is 1. The van der Waals surface area contributed by atoms with Gasteiger partial charge < -0.3 is 20.6 Å². The van der Waals surface area contributed by atoms with Crippen molar-refractivity contribution in [2.45, 2.75) is 12.0 Å². The van der Waals surface area contributed by atoms with Crippen LogP contribution in [-0.2, 0) is 9.36 Å². The van der Waals surface area contributed by atoms with E-state index in [9.17, 15) is 9.36 Å². The molecule has 0 radical (unpaired) electrons. The van der Waals surface area contributed by atoms with Crippen LogP contribution in [0.1, 0.15) is 6.42 Å². The van der Waals surface area contributed by atoms with E-state index in [4.69, 9.17) is 20.6 Å². The summed E-state index contributed by atoms with van der Waals surface area (Å²) in [6.45, 7) is 0. The minimum absolute atomic E-state index is 0.146. The summed E-state index contributed by atoms with van der Waals surface area (Å²) in [5, 5.41) is 8.50. The van der Waals surface area contributed by atoms with E-state index < -0.39 is 31.2 Å². The van der Waals surface area contributed by atoms with Crippen molar-refractivity contribution in [3.05, 3.63) is 0 Å². The molecule has 0 aromatic carbocycles. The van der Waals surface area contributed by atoms with Gasteiger partial charge in [-0.1, -0.05) is 0 Å². The van der Waals surface area contributed by atoms with Gasteiger partial charge in [-0.15, -0.1) is 0 Å². The smallest absolute Gasteiger partial charge is 0.325 e. The minimum atomic E-state index is -4.12. The lowest BCUT2D eigenvalue weighted by molar-refractivity contribution is -0.139. The Kier molecular flexibility index (Phi) is 2.04. The molecule has 1 rings (SSSR count). The highest BCUT2D eigenvalue weighted by molar-refractivity contribution is 7.51. The second-order valence-corrected chi connectivity index (χ2v) is 4.79. The molecule has 0 bridgehead atoms. The monoisotopic (exact) mass is 195 g/mol. The molecule has 2 atom stereocenters. The van der Waals surface area contributed by atoms with Gasteiger partial charge in [0.1, 0.15) is 5.54 Å². The van der Waals surface area contributed by atoms with E-state index in [1.165, 1.54) is 0 Å². The van der Waals surface area contributed by atoms with Gasteiger partial charge in [0.15, 0.2) is 0 Å². The van der Waals surface area contributed by atoms with Gasteiger partial charge in [-0.3, -0.25) is 9.36 Å². The predicted octanol–water partition coefficient (Wildman–Crippen LogP) is -1.03. The second kappa shape index (κ2) is 2.53. The Labute approximate surface area is 68.5 Å². The van der Waals surface area contributed by atoms with Gasteiger partial charge in [0.2, 0.25) is 0 Å². The van der Waals surface area contributed by atoms with Crippen LogP contribution in [0.5, 0.6) is 0 Å². The molecule has 0 aliphatic heterocycles. The fourth-order valence-electron chi connectivity index (χ4n) is 1.13. The summed E-state index contributed by atoms with van der Waals surface area (Å²) in [5.41, 5.74) is 3.90. The van der Waals surface area contributed by atoms with E-state index >= 15 is 0 Å². The van der Waals surface area contributed by atoms with Crippen molar-refractivity contribution in [1.82, 2.24) is 0 Å². The van der Waals surface area contributed by atoms with Crippen molar-refractivity contribution in [2.75, 3.05) is 6.16 Å². The highest BCUT2D eigenvalue weighted by atomic mass is 31.2. The topological polar surface area (TPSA) is 121 Å². The summed E-state index contributed by atoms with van der Waals surface area (Å²) in [6, 6.07) is 0. The van der Waals surface area contributed by atoms with Crippen LogP contribution in [0.2, 0.25) is 0 Å². The van der Waals surface area contributed by atoms with Crippen LogP contribution >= 0.6 is 7.60 Å². The Balaban J connectivity index is 2.54. The van der Waals surface area contributed by atoms with Crippen LogP contribution < -0.4 is 5.73 Å². The van der Waals surface area contributed by atoms with Crippen LogP contribution in [0.15, 0.2) is 0 Å². The molecule has 7 heteroatoms. The highest BCUT2D eigenvalue weighted by Gasteiger charge is 2.59. The average molecular weight is 195 g/mol. The SMILES string of the molecule is N[C@]1(C(=O)O)C[C@@H]1CP(=O)(O)O. The Morgan fingerprint density at radius 1 is 1.67 bits per heavy atom. The van der Waals surface area contributed by atoms with Gasteiger partial charge in [-0.05, 0) is 6.42 Å². The molecule has 70 valence electrons. The van der Waals surface area contributed by atoms with Crippen LogP contribution in [0.3, 0.4) is 0 Å². The summed E-state index contributed by atoms with van der Waals surface area (Å²) in [5.74, 6) is -1.78. The molecule has 0 unspecified atom stereocenters. The molecular formula is C5H10NO5P. The van der Waals surface area contributed by atoms with Crippen LogP contribution in [0.25, 0.3) is 0 Å². The number of carboxylic acids is 1. The van der Waals surface area contributed by atoms with Gasteiger partial charge in [-0.2, -0.15) is 0 Å². The standard InChI is InChI=1S/C5H10NO5P/c6-5(4(7)8)1-3(5)2-12(9,10)11/h3H,1-2,6H2,(H,7,8)(H2,9,10,11)/t3-,5-/m1/s1. The zero-order chi connectivity index (χ0) is 9.57.